The highest BCUT2D eigenvalue weighted by Crippen LogP contribution is 2.25. The number of benzene rings is 1. The molecule has 1 aliphatic rings. The maximum atomic E-state index is 11.4. The van der Waals surface area contributed by atoms with E-state index in [2.05, 4.69) is 23.6 Å². The number of nitrogens with one attached hydrogen (secondary N) is 1. The van der Waals surface area contributed by atoms with Gasteiger partial charge in [-0.1, -0.05) is 18.3 Å². The van der Waals surface area contributed by atoms with Crippen LogP contribution in [0.3, 0.4) is 0 Å². The number of carbonyl (C=O) groups is 1. The van der Waals surface area contributed by atoms with Gasteiger partial charge in [-0.3, -0.25) is 4.79 Å². The monoisotopic (exact) mass is 264 g/mol. The van der Waals surface area contributed by atoms with Gasteiger partial charge in [-0.15, -0.1) is 0 Å². The SMILES string of the molecule is NC(=S)CNC(=O)COc1ccc2c(c1)CCC2. The maximum Gasteiger partial charge on any atom is 0.258 e. The first-order valence-corrected chi connectivity index (χ1v) is 6.35. The lowest BCUT2D eigenvalue weighted by atomic mass is 10.1. The molecule has 0 atom stereocenters. The van der Waals surface area contributed by atoms with Crippen molar-refractivity contribution in [2.45, 2.75) is 19.3 Å². The van der Waals surface area contributed by atoms with Gasteiger partial charge in [0.15, 0.2) is 6.61 Å². The smallest absolute Gasteiger partial charge is 0.258 e. The summed E-state index contributed by atoms with van der Waals surface area (Å²) in [7, 11) is 0. The molecule has 1 amide bonds. The molecule has 5 heteroatoms. The number of hydrogen-bond acceptors (Lipinski definition) is 3. The van der Waals surface area contributed by atoms with Gasteiger partial charge in [0.1, 0.15) is 5.75 Å². The van der Waals surface area contributed by atoms with E-state index in [1.54, 1.807) is 0 Å². The normalized spacial score (nSPS) is 12.9. The predicted octanol–water partition coefficient (Wildman–Crippen LogP) is 0.956. The Hall–Kier alpha value is -1.62. The van der Waals surface area contributed by atoms with Crippen LogP contribution in [0.5, 0.6) is 5.75 Å². The first-order valence-electron chi connectivity index (χ1n) is 5.95. The molecule has 1 aliphatic carbocycles. The second-order valence-electron chi connectivity index (χ2n) is 4.32. The summed E-state index contributed by atoms with van der Waals surface area (Å²) in [5.74, 6) is 0.518. The maximum absolute atomic E-state index is 11.4. The zero-order chi connectivity index (χ0) is 13.0. The molecule has 3 N–H and O–H groups in total. The molecule has 0 aromatic heterocycles. The van der Waals surface area contributed by atoms with E-state index in [4.69, 9.17) is 10.5 Å². The van der Waals surface area contributed by atoms with Crippen LogP contribution in [0.15, 0.2) is 18.2 Å². The number of nitrogens with two attached hydrogens (primary N) is 1. The van der Waals surface area contributed by atoms with E-state index < -0.39 is 0 Å². The molecular weight excluding hydrogens is 248 g/mol. The van der Waals surface area contributed by atoms with Gasteiger partial charge in [0.2, 0.25) is 0 Å². The molecule has 18 heavy (non-hydrogen) atoms. The van der Waals surface area contributed by atoms with Gasteiger partial charge < -0.3 is 15.8 Å². The summed E-state index contributed by atoms with van der Waals surface area (Å²) in [6.07, 6.45) is 3.44. The Bertz CT molecular complexity index is 474. The van der Waals surface area contributed by atoms with E-state index in [0.717, 1.165) is 18.6 Å². The van der Waals surface area contributed by atoms with Crippen molar-refractivity contribution in [1.82, 2.24) is 5.32 Å². The fourth-order valence-electron chi connectivity index (χ4n) is 2.02. The highest BCUT2D eigenvalue weighted by Gasteiger charge is 2.11. The molecule has 0 radical (unpaired) electrons. The number of aryl methyl sites for hydroxylation is 2. The largest absolute Gasteiger partial charge is 0.484 e. The fraction of sp³-hybridized carbons (Fsp3) is 0.385. The number of hydrogen-bond donors (Lipinski definition) is 2. The predicted molar refractivity (Wildman–Crippen MR) is 73.8 cm³/mol. The van der Waals surface area contributed by atoms with E-state index in [1.807, 2.05) is 12.1 Å². The Morgan fingerprint density at radius 2 is 2.17 bits per heavy atom. The molecule has 0 fully saturated rings. The van der Waals surface area contributed by atoms with Crippen molar-refractivity contribution >= 4 is 23.1 Å². The lowest BCUT2D eigenvalue weighted by molar-refractivity contribution is -0.122. The Kier molecular flexibility index (Phi) is 4.15. The second kappa shape index (κ2) is 5.82. The first kappa shape index (κ1) is 12.8. The van der Waals surface area contributed by atoms with E-state index in [1.165, 1.54) is 17.5 Å². The van der Waals surface area contributed by atoms with Crippen molar-refractivity contribution in [3.05, 3.63) is 29.3 Å². The van der Waals surface area contributed by atoms with Crippen molar-refractivity contribution in [2.75, 3.05) is 13.2 Å². The van der Waals surface area contributed by atoms with Crippen molar-refractivity contribution in [3.8, 4) is 5.75 Å². The van der Waals surface area contributed by atoms with Crippen LogP contribution in [0.2, 0.25) is 0 Å². The molecule has 0 saturated heterocycles. The lowest BCUT2D eigenvalue weighted by Crippen LogP contribution is -2.35. The minimum atomic E-state index is -0.219. The molecule has 1 aromatic carbocycles. The van der Waals surface area contributed by atoms with Crippen LogP contribution in [0.4, 0.5) is 0 Å². The van der Waals surface area contributed by atoms with Crippen LogP contribution in [0.1, 0.15) is 17.5 Å². The molecule has 96 valence electrons. The molecule has 0 unspecified atom stereocenters. The van der Waals surface area contributed by atoms with Gasteiger partial charge in [0, 0.05) is 0 Å². The molecule has 0 saturated carbocycles. The summed E-state index contributed by atoms with van der Waals surface area (Å²) >= 11 is 4.67. The highest BCUT2D eigenvalue weighted by atomic mass is 32.1. The zero-order valence-electron chi connectivity index (χ0n) is 10.1. The molecular formula is C13H16N2O2S. The summed E-state index contributed by atoms with van der Waals surface area (Å²) in [5.41, 5.74) is 8.00. The van der Waals surface area contributed by atoms with Gasteiger partial charge in [0.05, 0.1) is 11.5 Å². The Morgan fingerprint density at radius 1 is 1.39 bits per heavy atom. The molecule has 0 spiro atoms. The summed E-state index contributed by atoms with van der Waals surface area (Å²) in [5, 5.41) is 2.57. The Balaban J connectivity index is 1.83. The number of fused-ring (bicyclic) bond motifs is 1. The average Bonchev–Trinajstić information content (AvgIpc) is 2.81. The van der Waals surface area contributed by atoms with Crippen LogP contribution < -0.4 is 15.8 Å². The number of carbonyl (C=O) groups excluding carboxylic acids is 1. The molecule has 4 nitrogen and oxygen atoms in total. The molecule has 0 aliphatic heterocycles. The molecule has 0 bridgehead atoms. The van der Waals surface area contributed by atoms with Gasteiger partial charge in [0.25, 0.3) is 5.91 Å². The number of thiocarbonyl (C=S) groups is 1. The van der Waals surface area contributed by atoms with E-state index in [-0.39, 0.29) is 24.0 Å². The number of ether oxygens (including phenoxy) is 1. The third kappa shape index (κ3) is 3.43. The van der Waals surface area contributed by atoms with Crippen LogP contribution in [-0.2, 0) is 17.6 Å². The lowest BCUT2D eigenvalue weighted by Gasteiger charge is -2.08. The first-order chi connectivity index (χ1) is 8.65. The van der Waals surface area contributed by atoms with Crippen molar-refractivity contribution in [3.63, 3.8) is 0 Å². The Labute approximate surface area is 112 Å². The summed E-state index contributed by atoms with van der Waals surface area (Å²) in [6.45, 7) is 0.198. The standard InChI is InChI=1S/C13H16N2O2S/c14-12(18)7-15-13(16)8-17-11-5-4-9-2-1-3-10(9)6-11/h4-6H,1-3,7-8H2,(H2,14,18)(H,15,16). The topological polar surface area (TPSA) is 64.3 Å². The zero-order valence-corrected chi connectivity index (χ0v) is 10.9. The van der Waals surface area contributed by atoms with Crippen LogP contribution >= 0.6 is 12.2 Å². The minimum Gasteiger partial charge on any atom is -0.484 e. The molecule has 0 heterocycles. The third-order valence-electron chi connectivity index (χ3n) is 2.90. The van der Waals surface area contributed by atoms with E-state index >= 15 is 0 Å². The Morgan fingerprint density at radius 3 is 2.94 bits per heavy atom. The van der Waals surface area contributed by atoms with Crippen LogP contribution in [-0.4, -0.2) is 24.0 Å². The van der Waals surface area contributed by atoms with Crippen LogP contribution in [0, 0.1) is 0 Å². The van der Waals surface area contributed by atoms with Crippen molar-refractivity contribution in [2.24, 2.45) is 5.73 Å². The van der Waals surface area contributed by atoms with E-state index in [9.17, 15) is 4.79 Å². The summed E-state index contributed by atoms with van der Waals surface area (Å²) < 4.78 is 5.43. The molecule has 2 rings (SSSR count). The van der Waals surface area contributed by atoms with Crippen molar-refractivity contribution in [1.29, 1.82) is 0 Å². The summed E-state index contributed by atoms with van der Waals surface area (Å²) in [4.78, 5) is 11.7. The quantitative estimate of drug-likeness (QED) is 0.777. The van der Waals surface area contributed by atoms with Crippen LogP contribution in [0.25, 0.3) is 0 Å². The van der Waals surface area contributed by atoms with Crippen molar-refractivity contribution < 1.29 is 9.53 Å². The van der Waals surface area contributed by atoms with Gasteiger partial charge >= 0.3 is 0 Å². The highest BCUT2D eigenvalue weighted by molar-refractivity contribution is 7.80. The second-order valence-corrected chi connectivity index (χ2v) is 4.84. The van der Waals surface area contributed by atoms with E-state index in [0.29, 0.717) is 0 Å². The summed E-state index contributed by atoms with van der Waals surface area (Å²) in [6, 6.07) is 6.00. The fourth-order valence-corrected chi connectivity index (χ4v) is 2.10. The number of amides is 1. The minimum absolute atomic E-state index is 0.0125. The third-order valence-corrected chi connectivity index (χ3v) is 3.04. The average molecular weight is 264 g/mol. The van der Waals surface area contributed by atoms with Gasteiger partial charge in [-0.25, -0.2) is 0 Å². The van der Waals surface area contributed by atoms with Gasteiger partial charge in [-0.05, 0) is 42.5 Å². The van der Waals surface area contributed by atoms with Gasteiger partial charge in [-0.2, -0.15) is 0 Å². The molecule has 1 aromatic rings. The number of rotatable bonds is 5.